The van der Waals surface area contributed by atoms with Crippen molar-refractivity contribution in [2.45, 2.75) is 19.3 Å². The Morgan fingerprint density at radius 3 is 2.70 bits per heavy atom. The summed E-state index contributed by atoms with van der Waals surface area (Å²) in [6.07, 6.45) is 2.78. The Morgan fingerprint density at radius 1 is 1.26 bits per heavy atom. The van der Waals surface area contributed by atoms with Crippen LogP contribution in [0.4, 0.5) is 14.6 Å². The molecule has 0 bridgehead atoms. The van der Waals surface area contributed by atoms with Gasteiger partial charge < -0.3 is 11.1 Å². The van der Waals surface area contributed by atoms with E-state index in [4.69, 9.17) is 5.73 Å². The van der Waals surface area contributed by atoms with Gasteiger partial charge >= 0.3 is 0 Å². The van der Waals surface area contributed by atoms with Crippen LogP contribution in [0.1, 0.15) is 19.3 Å². The zero-order valence-corrected chi connectivity index (χ0v) is 12.5. The van der Waals surface area contributed by atoms with Gasteiger partial charge in [-0.05, 0) is 37.4 Å². The van der Waals surface area contributed by atoms with Crippen molar-refractivity contribution in [1.29, 1.82) is 0 Å². The van der Waals surface area contributed by atoms with E-state index in [0.717, 1.165) is 25.3 Å². The molecular formula is C16H18F2N4O. The summed E-state index contributed by atoms with van der Waals surface area (Å²) in [6.45, 7) is 0.493. The van der Waals surface area contributed by atoms with Crippen LogP contribution >= 0.6 is 0 Å². The standard InChI is InChI=1S/C16H18F2N4O/c17-11-4-10(5-12(18)6-11)14-7-15(22-21-14)20-16(23)13-3-1-2-9(13)8-19/h4-7,9,13H,1-3,8,19H2,(H2,20,21,22,23)/t9-,13-/m1/s1. The molecule has 1 heterocycles. The molecule has 4 N–H and O–H groups in total. The van der Waals surface area contributed by atoms with Crippen molar-refractivity contribution in [3.8, 4) is 11.3 Å². The van der Waals surface area contributed by atoms with E-state index in [1.54, 1.807) is 6.07 Å². The van der Waals surface area contributed by atoms with Gasteiger partial charge in [-0.3, -0.25) is 9.89 Å². The summed E-state index contributed by atoms with van der Waals surface area (Å²) >= 11 is 0. The monoisotopic (exact) mass is 320 g/mol. The molecule has 1 saturated carbocycles. The highest BCUT2D eigenvalue weighted by atomic mass is 19.1. The highest BCUT2D eigenvalue weighted by Gasteiger charge is 2.32. The molecule has 0 saturated heterocycles. The quantitative estimate of drug-likeness (QED) is 0.810. The summed E-state index contributed by atoms with van der Waals surface area (Å²) in [5.41, 5.74) is 6.45. The van der Waals surface area contributed by atoms with Crippen LogP contribution < -0.4 is 11.1 Å². The van der Waals surface area contributed by atoms with Gasteiger partial charge in [0.25, 0.3) is 0 Å². The number of rotatable bonds is 4. The molecule has 3 rings (SSSR count). The third-order valence-electron chi connectivity index (χ3n) is 4.30. The van der Waals surface area contributed by atoms with Crippen molar-refractivity contribution in [3.63, 3.8) is 0 Å². The molecule has 23 heavy (non-hydrogen) atoms. The van der Waals surface area contributed by atoms with Gasteiger partial charge in [-0.15, -0.1) is 0 Å². The van der Waals surface area contributed by atoms with E-state index < -0.39 is 11.6 Å². The minimum atomic E-state index is -0.670. The van der Waals surface area contributed by atoms with E-state index in [-0.39, 0.29) is 17.7 Å². The Bertz CT molecular complexity index is 696. The summed E-state index contributed by atoms with van der Waals surface area (Å²) in [6, 6.07) is 4.75. The van der Waals surface area contributed by atoms with Crippen LogP contribution in [-0.4, -0.2) is 22.6 Å². The number of aromatic amines is 1. The zero-order valence-electron chi connectivity index (χ0n) is 12.5. The summed E-state index contributed by atoms with van der Waals surface area (Å²) in [4.78, 5) is 12.3. The number of carbonyl (C=O) groups is 1. The molecule has 1 aromatic heterocycles. The number of nitrogens with zero attached hydrogens (tertiary/aromatic N) is 1. The number of halogens is 2. The fourth-order valence-electron chi connectivity index (χ4n) is 3.13. The predicted molar refractivity (Wildman–Crippen MR) is 82.5 cm³/mol. The van der Waals surface area contributed by atoms with Gasteiger partial charge in [-0.2, -0.15) is 5.10 Å². The predicted octanol–water partition coefficient (Wildman–Crippen LogP) is 2.67. The van der Waals surface area contributed by atoms with Crippen LogP contribution in [0.25, 0.3) is 11.3 Å². The number of amides is 1. The molecule has 122 valence electrons. The summed E-state index contributed by atoms with van der Waals surface area (Å²) in [5, 5.41) is 9.40. The van der Waals surface area contributed by atoms with Gasteiger partial charge in [0.05, 0.1) is 5.69 Å². The Balaban J connectivity index is 1.73. The van der Waals surface area contributed by atoms with Gasteiger partial charge in [0.1, 0.15) is 11.6 Å². The SMILES string of the molecule is NC[C@H]1CCC[C@H]1C(=O)Nc1cc(-c2cc(F)cc(F)c2)[nH]n1. The first-order chi connectivity index (χ1) is 11.1. The summed E-state index contributed by atoms with van der Waals surface area (Å²) < 4.78 is 26.5. The van der Waals surface area contributed by atoms with Crippen LogP contribution in [0.2, 0.25) is 0 Å². The Hall–Kier alpha value is -2.28. The first-order valence-corrected chi connectivity index (χ1v) is 7.59. The van der Waals surface area contributed by atoms with E-state index >= 15 is 0 Å². The van der Waals surface area contributed by atoms with Gasteiger partial charge in [0, 0.05) is 23.6 Å². The number of nitrogens with one attached hydrogen (secondary N) is 2. The Morgan fingerprint density at radius 2 is 2.00 bits per heavy atom. The maximum Gasteiger partial charge on any atom is 0.229 e. The largest absolute Gasteiger partial charge is 0.330 e. The van der Waals surface area contributed by atoms with Crippen molar-refractivity contribution < 1.29 is 13.6 Å². The highest BCUT2D eigenvalue weighted by Crippen LogP contribution is 2.32. The molecular weight excluding hydrogens is 302 g/mol. The van der Waals surface area contributed by atoms with E-state index in [2.05, 4.69) is 15.5 Å². The van der Waals surface area contributed by atoms with E-state index in [0.29, 0.717) is 23.6 Å². The molecule has 1 aliphatic carbocycles. The molecule has 2 atom stereocenters. The molecule has 1 aromatic carbocycles. The summed E-state index contributed by atoms with van der Waals surface area (Å²) in [7, 11) is 0. The fraction of sp³-hybridized carbons (Fsp3) is 0.375. The number of H-pyrrole nitrogens is 1. The summed E-state index contributed by atoms with van der Waals surface area (Å²) in [5.74, 6) is -1.02. The first-order valence-electron chi connectivity index (χ1n) is 7.59. The number of carbonyl (C=O) groups excluding carboxylic acids is 1. The third-order valence-corrected chi connectivity index (χ3v) is 4.30. The van der Waals surface area contributed by atoms with Crippen LogP contribution in [0.3, 0.4) is 0 Å². The minimum absolute atomic E-state index is 0.105. The lowest BCUT2D eigenvalue weighted by Gasteiger charge is -2.16. The first kappa shape index (κ1) is 15.6. The smallest absolute Gasteiger partial charge is 0.229 e. The normalized spacial score (nSPS) is 20.7. The molecule has 1 aliphatic rings. The second-order valence-electron chi connectivity index (χ2n) is 5.85. The van der Waals surface area contributed by atoms with Gasteiger partial charge in [-0.1, -0.05) is 6.42 Å². The Labute approximate surface area is 132 Å². The number of benzene rings is 1. The van der Waals surface area contributed by atoms with Crippen LogP contribution in [-0.2, 0) is 4.79 Å². The fourth-order valence-corrected chi connectivity index (χ4v) is 3.13. The minimum Gasteiger partial charge on any atom is -0.330 e. The third kappa shape index (κ3) is 3.39. The van der Waals surface area contributed by atoms with Gasteiger partial charge in [-0.25, -0.2) is 8.78 Å². The maximum absolute atomic E-state index is 13.3. The topological polar surface area (TPSA) is 83.8 Å². The second kappa shape index (κ2) is 6.45. The van der Waals surface area contributed by atoms with Gasteiger partial charge in [0.2, 0.25) is 5.91 Å². The molecule has 1 amide bonds. The number of hydrogen-bond donors (Lipinski definition) is 3. The van der Waals surface area contributed by atoms with E-state index in [1.165, 1.54) is 12.1 Å². The molecule has 0 radical (unpaired) electrons. The van der Waals surface area contributed by atoms with Crippen LogP contribution in [0.15, 0.2) is 24.3 Å². The lowest BCUT2D eigenvalue weighted by molar-refractivity contribution is -0.120. The van der Waals surface area contributed by atoms with Crippen molar-refractivity contribution >= 4 is 11.7 Å². The Kier molecular flexibility index (Phi) is 4.38. The molecule has 0 unspecified atom stereocenters. The van der Waals surface area contributed by atoms with Crippen molar-refractivity contribution in [1.82, 2.24) is 10.2 Å². The number of anilines is 1. The molecule has 7 heteroatoms. The van der Waals surface area contributed by atoms with Gasteiger partial charge in [0.15, 0.2) is 5.82 Å². The van der Waals surface area contributed by atoms with Crippen LogP contribution in [0, 0.1) is 23.5 Å². The molecule has 1 fully saturated rings. The van der Waals surface area contributed by atoms with Crippen molar-refractivity contribution in [2.75, 3.05) is 11.9 Å². The second-order valence-corrected chi connectivity index (χ2v) is 5.85. The van der Waals surface area contributed by atoms with Crippen LogP contribution in [0.5, 0.6) is 0 Å². The molecule has 0 spiro atoms. The molecule has 2 aromatic rings. The number of nitrogens with two attached hydrogens (primary N) is 1. The van der Waals surface area contributed by atoms with E-state index in [9.17, 15) is 13.6 Å². The number of aromatic nitrogens is 2. The lowest BCUT2D eigenvalue weighted by atomic mass is 9.95. The van der Waals surface area contributed by atoms with E-state index in [1.807, 2.05) is 0 Å². The highest BCUT2D eigenvalue weighted by molar-refractivity contribution is 5.92. The average molecular weight is 320 g/mol. The zero-order chi connectivity index (χ0) is 16.4. The maximum atomic E-state index is 13.3. The molecule has 5 nitrogen and oxygen atoms in total. The lowest BCUT2D eigenvalue weighted by Crippen LogP contribution is -2.29. The molecule has 0 aliphatic heterocycles. The average Bonchev–Trinajstić information content (AvgIpc) is 3.14. The van der Waals surface area contributed by atoms with Crippen molar-refractivity contribution in [3.05, 3.63) is 35.9 Å². The number of hydrogen-bond acceptors (Lipinski definition) is 3. The van der Waals surface area contributed by atoms with Crippen molar-refractivity contribution in [2.24, 2.45) is 17.6 Å².